The van der Waals surface area contributed by atoms with Crippen LogP contribution in [0.15, 0.2) is 40.9 Å². The topological polar surface area (TPSA) is 84.7 Å². The van der Waals surface area contributed by atoms with Gasteiger partial charge in [-0.1, -0.05) is 0 Å². The van der Waals surface area contributed by atoms with Crippen LogP contribution >= 0.6 is 15.9 Å². The number of benzene rings is 2. The zero-order valence-corrected chi connectivity index (χ0v) is 16.1. The average molecular weight is 436 g/mol. The van der Waals surface area contributed by atoms with Crippen LogP contribution in [0.5, 0.6) is 5.75 Å². The van der Waals surface area contributed by atoms with Gasteiger partial charge in [-0.05, 0) is 65.2 Å². The number of amides is 2. The van der Waals surface area contributed by atoms with Crippen molar-refractivity contribution in [3.8, 4) is 5.75 Å². The summed E-state index contributed by atoms with van der Waals surface area (Å²) in [4.78, 5) is 26.0. The van der Waals surface area contributed by atoms with E-state index in [1.807, 2.05) is 0 Å². The van der Waals surface area contributed by atoms with Gasteiger partial charge in [-0.3, -0.25) is 9.59 Å². The van der Waals surface area contributed by atoms with Crippen LogP contribution in [0.3, 0.4) is 0 Å². The summed E-state index contributed by atoms with van der Waals surface area (Å²) in [6.45, 7) is 1.51. The number of halogens is 2. The Bertz CT molecular complexity index is 869. The fourth-order valence-corrected chi connectivity index (χ4v) is 3.41. The Labute approximate surface area is 164 Å². The molecule has 1 aliphatic rings. The van der Waals surface area contributed by atoms with Crippen molar-refractivity contribution < 1.29 is 18.7 Å². The number of ether oxygens (including phenoxy) is 1. The number of nitrogens with zero attached hydrogens (tertiary/aromatic N) is 1. The molecule has 3 N–H and O–H groups in total. The van der Waals surface area contributed by atoms with Crippen LogP contribution in [0.25, 0.3) is 0 Å². The van der Waals surface area contributed by atoms with Gasteiger partial charge in [0.05, 0.1) is 15.8 Å². The molecule has 2 aromatic rings. The normalized spacial score (nSPS) is 13.5. The Morgan fingerprint density at radius 3 is 2.59 bits per heavy atom. The van der Waals surface area contributed by atoms with Crippen LogP contribution in [0, 0.1) is 5.82 Å². The minimum Gasteiger partial charge on any atom is -0.483 e. The molecule has 2 aromatic carbocycles. The highest BCUT2D eigenvalue weighted by Crippen LogP contribution is 2.30. The second-order valence-corrected chi connectivity index (χ2v) is 7.06. The van der Waals surface area contributed by atoms with Gasteiger partial charge in [0, 0.05) is 18.7 Å². The first-order valence-corrected chi connectivity index (χ1v) is 9.30. The second-order valence-electron chi connectivity index (χ2n) is 6.20. The molecule has 27 heavy (non-hydrogen) atoms. The monoisotopic (exact) mass is 435 g/mol. The average Bonchev–Trinajstić information content (AvgIpc) is 3.15. The summed E-state index contributed by atoms with van der Waals surface area (Å²) in [6.07, 6.45) is 2.15. The fraction of sp³-hybridized carbons (Fsp3) is 0.263. The maximum atomic E-state index is 13.1. The van der Waals surface area contributed by atoms with E-state index in [4.69, 9.17) is 10.5 Å². The first kappa shape index (κ1) is 19.2. The predicted octanol–water partition coefficient (Wildman–Crippen LogP) is 3.30. The number of carbonyl (C=O) groups excluding carboxylic acids is 2. The van der Waals surface area contributed by atoms with E-state index in [0.29, 0.717) is 21.5 Å². The Kier molecular flexibility index (Phi) is 5.95. The van der Waals surface area contributed by atoms with Crippen molar-refractivity contribution >= 4 is 39.1 Å². The van der Waals surface area contributed by atoms with Crippen molar-refractivity contribution in [2.45, 2.75) is 12.8 Å². The number of nitrogens with two attached hydrogens (primary N) is 1. The van der Waals surface area contributed by atoms with Gasteiger partial charge in [0.1, 0.15) is 11.6 Å². The van der Waals surface area contributed by atoms with E-state index < -0.39 is 17.6 Å². The summed E-state index contributed by atoms with van der Waals surface area (Å²) in [5.41, 5.74) is 7.03. The summed E-state index contributed by atoms with van der Waals surface area (Å²) in [6, 6.07) is 8.96. The van der Waals surface area contributed by atoms with Crippen molar-refractivity contribution in [3.05, 3.63) is 52.3 Å². The van der Waals surface area contributed by atoms with Crippen LogP contribution in [0.4, 0.5) is 15.8 Å². The molecule has 1 heterocycles. The minimum atomic E-state index is -0.565. The summed E-state index contributed by atoms with van der Waals surface area (Å²) in [7, 11) is 0. The largest absolute Gasteiger partial charge is 0.483 e. The SMILES string of the molecule is NC(=O)c1ccc(N2CCCC2)c(NC(=O)COc2ccc(F)cc2Br)c1. The molecule has 1 aliphatic heterocycles. The van der Waals surface area contributed by atoms with Gasteiger partial charge in [0.25, 0.3) is 5.91 Å². The van der Waals surface area contributed by atoms with Crippen molar-refractivity contribution in [1.82, 2.24) is 0 Å². The highest BCUT2D eigenvalue weighted by molar-refractivity contribution is 9.10. The van der Waals surface area contributed by atoms with Gasteiger partial charge in [0.2, 0.25) is 5.91 Å². The van der Waals surface area contributed by atoms with Crippen LogP contribution < -0.4 is 20.7 Å². The van der Waals surface area contributed by atoms with E-state index in [0.717, 1.165) is 31.6 Å². The summed E-state index contributed by atoms with van der Waals surface area (Å²) < 4.78 is 19.0. The predicted molar refractivity (Wildman–Crippen MR) is 105 cm³/mol. The molecule has 8 heteroatoms. The Hall–Kier alpha value is -2.61. The molecule has 1 fully saturated rings. The highest BCUT2D eigenvalue weighted by Gasteiger charge is 2.18. The first-order chi connectivity index (χ1) is 12.9. The molecule has 2 amide bonds. The third-order valence-corrected chi connectivity index (χ3v) is 4.87. The van der Waals surface area contributed by atoms with Crippen molar-refractivity contribution in [2.75, 3.05) is 29.9 Å². The third-order valence-electron chi connectivity index (χ3n) is 4.25. The van der Waals surface area contributed by atoms with Gasteiger partial charge >= 0.3 is 0 Å². The van der Waals surface area contributed by atoms with Crippen molar-refractivity contribution in [2.24, 2.45) is 5.73 Å². The molecular formula is C19H19BrFN3O3. The van der Waals surface area contributed by atoms with Crippen LogP contribution in [0.2, 0.25) is 0 Å². The summed E-state index contributed by atoms with van der Waals surface area (Å²) >= 11 is 3.19. The van der Waals surface area contributed by atoms with Gasteiger partial charge in [-0.25, -0.2) is 4.39 Å². The lowest BCUT2D eigenvalue weighted by molar-refractivity contribution is -0.118. The van der Waals surface area contributed by atoms with Crippen molar-refractivity contribution in [1.29, 1.82) is 0 Å². The molecule has 0 spiro atoms. The summed E-state index contributed by atoms with van der Waals surface area (Å²) in [5.74, 6) is -1.01. The molecule has 0 radical (unpaired) electrons. The van der Waals surface area contributed by atoms with E-state index in [9.17, 15) is 14.0 Å². The number of anilines is 2. The van der Waals surface area contributed by atoms with Crippen LogP contribution in [0.1, 0.15) is 23.2 Å². The number of primary amides is 1. The quantitative estimate of drug-likeness (QED) is 0.728. The van der Waals surface area contributed by atoms with E-state index in [1.54, 1.807) is 18.2 Å². The molecule has 0 unspecified atom stereocenters. The van der Waals surface area contributed by atoms with Gasteiger partial charge < -0.3 is 20.7 Å². The Morgan fingerprint density at radius 2 is 1.93 bits per heavy atom. The maximum Gasteiger partial charge on any atom is 0.262 e. The fourth-order valence-electron chi connectivity index (χ4n) is 2.95. The van der Waals surface area contributed by atoms with Gasteiger partial charge in [-0.2, -0.15) is 0 Å². The number of hydrogen-bond acceptors (Lipinski definition) is 4. The lowest BCUT2D eigenvalue weighted by Gasteiger charge is -2.22. The summed E-state index contributed by atoms with van der Waals surface area (Å²) in [5, 5.41) is 2.78. The first-order valence-electron chi connectivity index (χ1n) is 8.50. The van der Waals surface area contributed by atoms with Gasteiger partial charge in [0.15, 0.2) is 6.61 Å². The molecule has 3 rings (SSSR count). The Morgan fingerprint density at radius 1 is 1.19 bits per heavy atom. The van der Waals surface area contributed by atoms with E-state index >= 15 is 0 Å². The van der Waals surface area contributed by atoms with Crippen LogP contribution in [-0.4, -0.2) is 31.5 Å². The molecule has 1 saturated heterocycles. The molecule has 0 saturated carbocycles. The number of carbonyl (C=O) groups is 2. The van der Waals surface area contributed by atoms with Crippen LogP contribution in [-0.2, 0) is 4.79 Å². The van der Waals surface area contributed by atoms with E-state index in [2.05, 4.69) is 26.1 Å². The highest BCUT2D eigenvalue weighted by atomic mass is 79.9. The third kappa shape index (κ3) is 4.77. The molecule has 0 bridgehead atoms. The smallest absolute Gasteiger partial charge is 0.262 e. The van der Waals surface area contributed by atoms with E-state index in [-0.39, 0.29) is 6.61 Å². The molecule has 6 nitrogen and oxygen atoms in total. The molecule has 0 aromatic heterocycles. The molecule has 0 aliphatic carbocycles. The number of hydrogen-bond donors (Lipinski definition) is 2. The Balaban J connectivity index is 1.73. The zero-order valence-electron chi connectivity index (χ0n) is 14.5. The molecule has 142 valence electrons. The lowest BCUT2D eigenvalue weighted by atomic mass is 10.1. The number of nitrogens with one attached hydrogen (secondary N) is 1. The molecule has 0 atom stereocenters. The standard InChI is InChI=1S/C19H19BrFN3O3/c20-14-10-13(21)4-6-17(14)27-11-18(25)23-15-9-12(19(22)26)3-5-16(15)24-7-1-2-8-24/h3-6,9-10H,1-2,7-8,11H2,(H2,22,26)(H,23,25). The van der Waals surface area contributed by atoms with E-state index in [1.165, 1.54) is 18.2 Å². The van der Waals surface area contributed by atoms with Gasteiger partial charge in [-0.15, -0.1) is 0 Å². The maximum absolute atomic E-state index is 13.1. The number of rotatable bonds is 6. The van der Waals surface area contributed by atoms with Crippen molar-refractivity contribution in [3.63, 3.8) is 0 Å². The lowest BCUT2D eigenvalue weighted by Crippen LogP contribution is -2.24. The zero-order chi connectivity index (χ0) is 19.4. The molecular weight excluding hydrogens is 417 g/mol. The second kappa shape index (κ2) is 8.39. The minimum absolute atomic E-state index is 0.259.